The van der Waals surface area contributed by atoms with Gasteiger partial charge in [-0.2, -0.15) is 0 Å². The van der Waals surface area contributed by atoms with Crippen molar-refractivity contribution in [2.24, 2.45) is 0 Å². The summed E-state index contributed by atoms with van der Waals surface area (Å²) < 4.78 is 0. The van der Waals surface area contributed by atoms with Crippen LogP contribution in [0.1, 0.15) is 24.0 Å². The summed E-state index contributed by atoms with van der Waals surface area (Å²) in [5.41, 5.74) is 2.66. The first-order valence-corrected chi connectivity index (χ1v) is 8.86. The van der Waals surface area contributed by atoms with Crippen LogP contribution >= 0.6 is 0 Å². The highest BCUT2D eigenvalue weighted by atomic mass is 16.2. The fourth-order valence-corrected chi connectivity index (χ4v) is 2.87. The molecule has 0 bridgehead atoms. The predicted octanol–water partition coefficient (Wildman–Crippen LogP) is 3.64. The Bertz CT molecular complexity index is 781. The quantitative estimate of drug-likeness (QED) is 0.810. The molecule has 0 unspecified atom stereocenters. The lowest BCUT2D eigenvalue weighted by molar-refractivity contribution is -0.116. The van der Waals surface area contributed by atoms with Crippen LogP contribution in [0.5, 0.6) is 0 Å². The second-order valence-corrected chi connectivity index (χ2v) is 6.29. The lowest BCUT2D eigenvalue weighted by Gasteiger charge is -2.16. The first-order chi connectivity index (χ1) is 12.7. The van der Waals surface area contributed by atoms with Crippen molar-refractivity contribution in [2.45, 2.75) is 19.4 Å². The van der Waals surface area contributed by atoms with E-state index >= 15 is 0 Å². The molecule has 0 radical (unpaired) electrons. The molecular formula is C21H23N3O2. The zero-order valence-electron chi connectivity index (χ0n) is 14.7. The summed E-state index contributed by atoms with van der Waals surface area (Å²) in [5, 5.41) is 5.77. The van der Waals surface area contributed by atoms with Crippen molar-refractivity contribution in [3.8, 4) is 0 Å². The van der Waals surface area contributed by atoms with Gasteiger partial charge >= 0.3 is 6.03 Å². The molecule has 0 spiro atoms. The maximum absolute atomic E-state index is 12.1. The highest BCUT2D eigenvalue weighted by Crippen LogP contribution is 2.14. The minimum absolute atomic E-state index is 0.0607. The van der Waals surface area contributed by atoms with Crippen molar-refractivity contribution in [1.82, 2.24) is 10.2 Å². The molecule has 5 nitrogen and oxygen atoms in total. The number of hydrogen-bond acceptors (Lipinski definition) is 2. The van der Waals surface area contributed by atoms with Gasteiger partial charge in [0.2, 0.25) is 5.91 Å². The number of urea groups is 1. The molecule has 0 aromatic heterocycles. The van der Waals surface area contributed by atoms with Crippen LogP contribution < -0.4 is 10.6 Å². The number of rotatable bonds is 5. The highest BCUT2D eigenvalue weighted by Gasteiger charge is 2.17. The number of benzene rings is 2. The van der Waals surface area contributed by atoms with Gasteiger partial charge in [0.05, 0.1) is 0 Å². The second-order valence-electron chi connectivity index (χ2n) is 6.29. The van der Waals surface area contributed by atoms with Gasteiger partial charge in [-0.3, -0.25) is 4.79 Å². The molecule has 2 N–H and O–H groups in total. The molecule has 1 aliphatic rings. The first-order valence-electron chi connectivity index (χ1n) is 8.86. The van der Waals surface area contributed by atoms with E-state index in [1.165, 1.54) is 6.08 Å². The van der Waals surface area contributed by atoms with Crippen molar-refractivity contribution in [3.05, 3.63) is 71.8 Å². The first kappa shape index (κ1) is 17.7. The van der Waals surface area contributed by atoms with E-state index in [0.717, 1.165) is 42.7 Å². The fraction of sp³-hybridized carbons (Fsp3) is 0.238. The summed E-state index contributed by atoms with van der Waals surface area (Å²) in [7, 11) is 0. The van der Waals surface area contributed by atoms with Gasteiger partial charge in [0.1, 0.15) is 0 Å². The van der Waals surface area contributed by atoms with Gasteiger partial charge in [-0.1, -0.05) is 42.5 Å². The number of likely N-dealkylation sites (tertiary alicyclic amines) is 1. The summed E-state index contributed by atoms with van der Waals surface area (Å²) in [4.78, 5) is 25.9. The van der Waals surface area contributed by atoms with Gasteiger partial charge in [-0.15, -0.1) is 0 Å². The molecule has 26 heavy (non-hydrogen) atoms. The number of hydrogen-bond donors (Lipinski definition) is 2. The summed E-state index contributed by atoms with van der Waals surface area (Å²) in [6.45, 7) is 2.04. The largest absolute Gasteiger partial charge is 0.348 e. The Hall–Kier alpha value is -3.08. The maximum atomic E-state index is 12.1. The van der Waals surface area contributed by atoms with E-state index < -0.39 is 0 Å². The van der Waals surface area contributed by atoms with Crippen molar-refractivity contribution in [2.75, 3.05) is 18.4 Å². The van der Waals surface area contributed by atoms with Crippen LogP contribution in [0.2, 0.25) is 0 Å². The molecule has 0 aliphatic carbocycles. The monoisotopic (exact) mass is 349 g/mol. The molecule has 134 valence electrons. The predicted molar refractivity (Wildman–Crippen MR) is 104 cm³/mol. The van der Waals surface area contributed by atoms with Gasteiger partial charge in [0.25, 0.3) is 0 Å². The molecule has 1 heterocycles. The Labute approximate surface area is 153 Å². The average Bonchev–Trinajstić information content (AvgIpc) is 3.21. The van der Waals surface area contributed by atoms with Crippen LogP contribution in [0.25, 0.3) is 6.08 Å². The standard InChI is InChI=1S/C21H23N3O2/c25-20(12-11-17-7-2-1-3-8-17)22-16-18-9-6-10-19(15-18)23-21(26)24-13-4-5-14-24/h1-3,6-12,15H,4-5,13-14,16H2,(H,22,25)(H,23,26). The van der Waals surface area contributed by atoms with E-state index in [0.29, 0.717) is 6.54 Å². The van der Waals surface area contributed by atoms with E-state index in [1.807, 2.05) is 59.5 Å². The van der Waals surface area contributed by atoms with Crippen LogP contribution in [0.15, 0.2) is 60.7 Å². The van der Waals surface area contributed by atoms with Crippen molar-refractivity contribution < 1.29 is 9.59 Å². The van der Waals surface area contributed by atoms with Gasteiger partial charge < -0.3 is 15.5 Å². The van der Waals surface area contributed by atoms with E-state index in [-0.39, 0.29) is 11.9 Å². The SMILES string of the molecule is O=C(C=Cc1ccccc1)NCc1cccc(NC(=O)N2CCCC2)c1. The molecule has 3 rings (SSSR count). The molecule has 1 aliphatic heterocycles. The molecule has 1 saturated heterocycles. The second kappa shape index (κ2) is 8.85. The van der Waals surface area contributed by atoms with Crippen molar-refractivity contribution in [3.63, 3.8) is 0 Å². The van der Waals surface area contributed by atoms with Crippen molar-refractivity contribution in [1.29, 1.82) is 0 Å². The lowest BCUT2D eigenvalue weighted by Crippen LogP contribution is -2.32. The molecule has 5 heteroatoms. The van der Waals surface area contributed by atoms with E-state index in [2.05, 4.69) is 10.6 Å². The Morgan fingerprint density at radius 2 is 1.77 bits per heavy atom. The van der Waals surface area contributed by atoms with Crippen LogP contribution in [-0.4, -0.2) is 29.9 Å². The zero-order chi connectivity index (χ0) is 18.2. The molecule has 0 atom stereocenters. The fourth-order valence-electron chi connectivity index (χ4n) is 2.87. The smallest absolute Gasteiger partial charge is 0.321 e. The third-order valence-corrected chi connectivity index (χ3v) is 4.27. The van der Waals surface area contributed by atoms with Crippen LogP contribution in [0, 0.1) is 0 Å². The van der Waals surface area contributed by atoms with Crippen molar-refractivity contribution >= 4 is 23.7 Å². The summed E-state index contributed by atoms with van der Waals surface area (Å²) in [5.74, 6) is -0.152. The third kappa shape index (κ3) is 5.21. The highest BCUT2D eigenvalue weighted by molar-refractivity contribution is 5.92. The Kier molecular flexibility index (Phi) is 6.04. The number of amides is 3. The van der Waals surface area contributed by atoms with Gasteiger partial charge in [-0.05, 0) is 42.2 Å². The molecule has 3 amide bonds. The Balaban J connectivity index is 1.51. The summed E-state index contributed by atoms with van der Waals surface area (Å²) >= 11 is 0. The number of nitrogens with one attached hydrogen (secondary N) is 2. The molecule has 1 fully saturated rings. The number of carbonyl (C=O) groups is 2. The van der Waals surface area contributed by atoms with Gasteiger partial charge in [-0.25, -0.2) is 4.79 Å². The lowest BCUT2D eigenvalue weighted by atomic mass is 10.2. The summed E-state index contributed by atoms with van der Waals surface area (Å²) in [6.07, 6.45) is 5.43. The third-order valence-electron chi connectivity index (χ3n) is 4.27. The van der Waals surface area contributed by atoms with E-state index in [1.54, 1.807) is 6.08 Å². The minimum atomic E-state index is -0.152. The minimum Gasteiger partial charge on any atom is -0.348 e. The average molecular weight is 349 g/mol. The van der Waals surface area contributed by atoms with Gasteiger partial charge in [0.15, 0.2) is 0 Å². The molecular weight excluding hydrogens is 326 g/mol. The van der Waals surface area contributed by atoms with Crippen LogP contribution in [0.4, 0.5) is 10.5 Å². The molecule has 2 aromatic rings. The number of anilines is 1. The zero-order valence-corrected chi connectivity index (χ0v) is 14.7. The van der Waals surface area contributed by atoms with Crippen LogP contribution in [0.3, 0.4) is 0 Å². The number of nitrogens with zero attached hydrogens (tertiary/aromatic N) is 1. The van der Waals surface area contributed by atoms with Gasteiger partial charge in [0, 0.05) is 31.4 Å². The molecule has 0 saturated carbocycles. The summed E-state index contributed by atoms with van der Waals surface area (Å²) in [6, 6.07) is 17.2. The normalized spacial score (nSPS) is 13.8. The van der Waals surface area contributed by atoms with E-state index in [4.69, 9.17) is 0 Å². The Morgan fingerprint density at radius 3 is 2.54 bits per heavy atom. The van der Waals surface area contributed by atoms with Crippen LogP contribution in [-0.2, 0) is 11.3 Å². The Morgan fingerprint density at radius 1 is 1.00 bits per heavy atom. The van der Waals surface area contributed by atoms with E-state index in [9.17, 15) is 9.59 Å². The maximum Gasteiger partial charge on any atom is 0.321 e. The molecule has 2 aromatic carbocycles. The topological polar surface area (TPSA) is 61.4 Å². The number of carbonyl (C=O) groups excluding carboxylic acids is 2.